The Morgan fingerprint density at radius 3 is 2.49 bits per heavy atom. The number of benzene rings is 3. The third-order valence-electron chi connectivity index (χ3n) is 6.70. The number of rotatable bonds is 8. The Kier molecular flexibility index (Phi) is 6.55. The zero-order valence-corrected chi connectivity index (χ0v) is 20.2. The van der Waals surface area contributed by atoms with E-state index in [1.165, 1.54) is 0 Å². The number of ether oxygens (including phenoxy) is 1. The predicted octanol–water partition coefficient (Wildman–Crippen LogP) is 4.61. The van der Waals surface area contributed by atoms with Crippen LogP contribution in [0.5, 0.6) is 5.75 Å². The van der Waals surface area contributed by atoms with E-state index in [9.17, 15) is 9.90 Å². The summed E-state index contributed by atoms with van der Waals surface area (Å²) >= 11 is 0. The molecule has 0 radical (unpaired) electrons. The second-order valence-corrected chi connectivity index (χ2v) is 9.42. The first-order valence-corrected chi connectivity index (χ1v) is 12.1. The minimum Gasteiger partial charge on any atom is -0.490 e. The van der Waals surface area contributed by atoms with E-state index in [0.717, 1.165) is 39.3 Å². The van der Waals surface area contributed by atoms with Crippen LogP contribution in [0.2, 0.25) is 0 Å². The monoisotopic (exact) mass is 469 g/mol. The zero-order chi connectivity index (χ0) is 24.4. The largest absolute Gasteiger partial charge is 0.490 e. The highest BCUT2D eigenvalue weighted by Crippen LogP contribution is 2.31. The van der Waals surface area contributed by atoms with Crippen molar-refractivity contribution in [1.29, 1.82) is 0 Å². The number of carbonyl (C=O) groups excluding carboxylic acids is 1. The predicted molar refractivity (Wildman–Crippen MR) is 136 cm³/mol. The van der Waals surface area contributed by atoms with E-state index in [1.807, 2.05) is 91.5 Å². The van der Waals surface area contributed by atoms with Crippen molar-refractivity contribution < 1.29 is 14.6 Å². The van der Waals surface area contributed by atoms with Crippen molar-refractivity contribution in [2.24, 2.45) is 0 Å². The number of nitrogens with zero attached hydrogens (tertiary/aromatic N) is 3. The summed E-state index contributed by atoms with van der Waals surface area (Å²) in [5.41, 5.74) is 5.05. The summed E-state index contributed by atoms with van der Waals surface area (Å²) in [6, 6.07) is 24.0. The number of aromatic nitrogens is 2. The van der Waals surface area contributed by atoms with E-state index in [2.05, 4.69) is 4.57 Å². The quantitative estimate of drug-likeness (QED) is 0.409. The van der Waals surface area contributed by atoms with Crippen LogP contribution in [0.4, 0.5) is 0 Å². The molecule has 1 aliphatic rings. The maximum atomic E-state index is 12.9. The molecule has 4 aromatic rings. The summed E-state index contributed by atoms with van der Waals surface area (Å²) in [4.78, 5) is 19.7. The van der Waals surface area contributed by atoms with Crippen molar-refractivity contribution >= 4 is 16.9 Å². The topological polar surface area (TPSA) is 67.6 Å². The number of fused-ring (bicyclic) bond motifs is 1. The van der Waals surface area contributed by atoms with Gasteiger partial charge in [0.25, 0.3) is 0 Å². The van der Waals surface area contributed by atoms with E-state index >= 15 is 0 Å². The Hall–Kier alpha value is -3.64. The smallest absolute Gasteiger partial charge is 0.223 e. The summed E-state index contributed by atoms with van der Waals surface area (Å²) in [5.74, 6) is 1.78. The van der Waals surface area contributed by atoms with Gasteiger partial charge < -0.3 is 19.3 Å². The molecule has 35 heavy (non-hydrogen) atoms. The van der Waals surface area contributed by atoms with Gasteiger partial charge in [0.05, 0.1) is 17.6 Å². The van der Waals surface area contributed by atoms with Crippen LogP contribution in [0.15, 0.2) is 72.8 Å². The van der Waals surface area contributed by atoms with E-state index < -0.39 is 6.10 Å². The second kappa shape index (κ2) is 9.92. The van der Waals surface area contributed by atoms with Crippen LogP contribution in [0.3, 0.4) is 0 Å². The lowest BCUT2D eigenvalue weighted by molar-refractivity contribution is -0.128. The second-order valence-electron chi connectivity index (χ2n) is 9.42. The number of hydrogen-bond acceptors (Lipinski definition) is 4. The van der Waals surface area contributed by atoms with Crippen LogP contribution in [0.25, 0.3) is 11.0 Å². The number of hydrogen-bond donors (Lipinski definition) is 1. The molecule has 0 unspecified atom stereocenters. The third-order valence-corrected chi connectivity index (χ3v) is 6.70. The molecular weight excluding hydrogens is 438 g/mol. The molecule has 1 fully saturated rings. The van der Waals surface area contributed by atoms with Gasteiger partial charge in [-0.05, 0) is 42.7 Å². The SMILES string of the molecule is Cc1cccc(C)c1OC[C@@H](O)Cn1c([C@@H]2CC(=O)N(Cc3ccccc3)C2)nc2ccccc21. The molecule has 1 saturated heterocycles. The molecule has 180 valence electrons. The van der Waals surface area contributed by atoms with Gasteiger partial charge in [-0.15, -0.1) is 0 Å². The number of carbonyl (C=O) groups is 1. The molecule has 1 N–H and O–H groups in total. The van der Waals surface area contributed by atoms with Gasteiger partial charge in [-0.25, -0.2) is 4.98 Å². The maximum Gasteiger partial charge on any atom is 0.223 e. The Bertz CT molecular complexity index is 1310. The summed E-state index contributed by atoms with van der Waals surface area (Å²) < 4.78 is 8.08. The van der Waals surface area contributed by atoms with Gasteiger partial charge in [0, 0.05) is 25.4 Å². The number of likely N-dealkylation sites (tertiary alicyclic amines) is 1. The van der Waals surface area contributed by atoms with Crippen LogP contribution >= 0.6 is 0 Å². The van der Waals surface area contributed by atoms with Gasteiger partial charge in [-0.2, -0.15) is 0 Å². The van der Waals surface area contributed by atoms with E-state index in [4.69, 9.17) is 9.72 Å². The normalized spacial score (nSPS) is 16.7. The number of aliphatic hydroxyl groups excluding tert-OH is 1. The van der Waals surface area contributed by atoms with Crippen LogP contribution < -0.4 is 4.74 Å². The lowest BCUT2D eigenvalue weighted by atomic mass is 10.1. The van der Waals surface area contributed by atoms with Gasteiger partial charge in [0.2, 0.25) is 5.91 Å². The molecule has 6 heteroatoms. The van der Waals surface area contributed by atoms with E-state index in [0.29, 0.717) is 26.1 Å². The van der Waals surface area contributed by atoms with Gasteiger partial charge in [-0.1, -0.05) is 60.7 Å². The molecule has 1 aromatic heterocycles. The molecule has 0 saturated carbocycles. The van der Waals surface area contributed by atoms with Gasteiger partial charge in [-0.3, -0.25) is 4.79 Å². The number of para-hydroxylation sites is 3. The third kappa shape index (κ3) is 4.93. The number of aryl methyl sites for hydroxylation is 2. The Labute approximate surface area is 205 Å². The maximum absolute atomic E-state index is 12.9. The van der Waals surface area contributed by atoms with E-state index in [1.54, 1.807) is 0 Å². The molecule has 1 aliphatic heterocycles. The fourth-order valence-corrected chi connectivity index (χ4v) is 4.97. The summed E-state index contributed by atoms with van der Waals surface area (Å²) in [5, 5.41) is 10.9. The highest BCUT2D eigenvalue weighted by Gasteiger charge is 2.34. The van der Waals surface area contributed by atoms with Crippen LogP contribution in [-0.2, 0) is 17.9 Å². The molecule has 5 rings (SSSR count). The number of imidazole rings is 1. The van der Waals surface area contributed by atoms with Crippen LogP contribution in [0, 0.1) is 13.8 Å². The summed E-state index contributed by atoms with van der Waals surface area (Å²) in [6.07, 6.45) is -0.298. The minimum atomic E-state index is -0.720. The van der Waals surface area contributed by atoms with Crippen molar-refractivity contribution in [3.63, 3.8) is 0 Å². The molecule has 2 heterocycles. The standard InChI is InChI=1S/C29H31N3O3/c1-20-9-8-10-21(2)28(20)35-19-24(33)18-32-26-14-7-6-13-25(26)30-29(32)23-15-27(34)31(17-23)16-22-11-4-3-5-12-22/h3-14,23-24,33H,15-19H2,1-2H3/t23-,24+/m1/s1. The number of aliphatic hydroxyl groups is 1. The molecule has 3 aromatic carbocycles. The summed E-state index contributed by atoms with van der Waals surface area (Å²) in [7, 11) is 0. The van der Waals surface area contributed by atoms with Crippen molar-refractivity contribution in [3.8, 4) is 5.75 Å². The Morgan fingerprint density at radius 2 is 1.71 bits per heavy atom. The van der Waals surface area contributed by atoms with Crippen molar-refractivity contribution in [1.82, 2.24) is 14.5 Å². The molecule has 0 spiro atoms. The zero-order valence-electron chi connectivity index (χ0n) is 20.2. The average molecular weight is 470 g/mol. The van der Waals surface area contributed by atoms with Crippen LogP contribution in [0.1, 0.15) is 34.9 Å². The molecule has 1 amide bonds. The first-order chi connectivity index (χ1) is 17.0. The summed E-state index contributed by atoms with van der Waals surface area (Å²) in [6.45, 7) is 5.77. The molecule has 2 atom stereocenters. The van der Waals surface area contributed by atoms with Crippen LogP contribution in [-0.4, -0.2) is 44.7 Å². The first kappa shape index (κ1) is 23.1. The van der Waals surface area contributed by atoms with E-state index in [-0.39, 0.29) is 18.4 Å². The highest BCUT2D eigenvalue weighted by molar-refractivity contribution is 5.81. The van der Waals surface area contributed by atoms with Crippen molar-refractivity contribution in [2.75, 3.05) is 13.2 Å². The van der Waals surface area contributed by atoms with Crippen molar-refractivity contribution in [3.05, 3.63) is 95.3 Å². The average Bonchev–Trinajstić information content (AvgIpc) is 3.39. The van der Waals surface area contributed by atoms with Crippen molar-refractivity contribution in [2.45, 2.75) is 45.4 Å². The minimum absolute atomic E-state index is 0.0228. The molecule has 0 bridgehead atoms. The lowest BCUT2D eigenvalue weighted by Gasteiger charge is -2.20. The Balaban J connectivity index is 1.35. The van der Waals surface area contributed by atoms with Gasteiger partial charge in [0.15, 0.2) is 0 Å². The highest BCUT2D eigenvalue weighted by atomic mass is 16.5. The molecular formula is C29H31N3O3. The fourth-order valence-electron chi connectivity index (χ4n) is 4.97. The molecule has 0 aliphatic carbocycles. The van der Waals surface area contributed by atoms with Gasteiger partial charge >= 0.3 is 0 Å². The van der Waals surface area contributed by atoms with Gasteiger partial charge in [0.1, 0.15) is 24.3 Å². The molecule has 6 nitrogen and oxygen atoms in total. The lowest BCUT2D eigenvalue weighted by Crippen LogP contribution is -2.26. The fraction of sp³-hybridized carbons (Fsp3) is 0.310. The first-order valence-electron chi connectivity index (χ1n) is 12.1. The Morgan fingerprint density at radius 1 is 1.00 bits per heavy atom. The number of amides is 1.